The van der Waals surface area contributed by atoms with Gasteiger partial charge in [-0.3, -0.25) is 19.7 Å². The number of rotatable bonds is 4. The number of hydrogen-bond acceptors (Lipinski definition) is 4. The first-order chi connectivity index (χ1) is 10.5. The number of nitrogens with one attached hydrogen (secondary N) is 3. The SMILES string of the molecule is Cc1n[nH]c(C)c1CNC(=O)c1cc(-c2cnn(C)c2)n[nH]1. The zero-order valence-corrected chi connectivity index (χ0v) is 12.6. The molecule has 0 atom stereocenters. The van der Waals surface area contributed by atoms with Crippen LogP contribution in [0.2, 0.25) is 0 Å². The third-order valence-electron chi connectivity index (χ3n) is 3.53. The van der Waals surface area contributed by atoms with Crippen LogP contribution in [-0.2, 0) is 13.6 Å². The molecule has 8 heteroatoms. The van der Waals surface area contributed by atoms with E-state index in [1.165, 1.54) is 0 Å². The highest BCUT2D eigenvalue weighted by Crippen LogP contribution is 2.16. The minimum absolute atomic E-state index is 0.206. The molecule has 0 radical (unpaired) electrons. The normalized spacial score (nSPS) is 10.9. The van der Waals surface area contributed by atoms with Gasteiger partial charge in [-0.1, -0.05) is 0 Å². The van der Waals surface area contributed by atoms with Crippen molar-refractivity contribution >= 4 is 5.91 Å². The fourth-order valence-corrected chi connectivity index (χ4v) is 2.24. The van der Waals surface area contributed by atoms with E-state index >= 15 is 0 Å². The lowest BCUT2D eigenvalue weighted by Crippen LogP contribution is -2.23. The predicted octanol–water partition coefficient (Wildman–Crippen LogP) is 1.08. The average Bonchev–Trinajstić information content (AvgIpc) is 3.19. The third-order valence-corrected chi connectivity index (χ3v) is 3.53. The Morgan fingerprint density at radius 1 is 1.32 bits per heavy atom. The molecule has 0 saturated carbocycles. The maximum Gasteiger partial charge on any atom is 0.269 e. The first kappa shape index (κ1) is 14.1. The maximum absolute atomic E-state index is 12.2. The zero-order chi connectivity index (χ0) is 15.7. The highest BCUT2D eigenvalue weighted by molar-refractivity contribution is 5.93. The Labute approximate surface area is 126 Å². The lowest BCUT2D eigenvalue weighted by atomic mass is 10.2. The Balaban J connectivity index is 1.69. The zero-order valence-electron chi connectivity index (χ0n) is 12.6. The summed E-state index contributed by atoms with van der Waals surface area (Å²) in [4.78, 5) is 12.2. The topological polar surface area (TPSA) is 104 Å². The van der Waals surface area contributed by atoms with Crippen molar-refractivity contribution in [1.29, 1.82) is 0 Å². The highest BCUT2D eigenvalue weighted by Gasteiger charge is 2.13. The molecule has 8 nitrogen and oxygen atoms in total. The minimum atomic E-state index is -0.206. The quantitative estimate of drug-likeness (QED) is 0.670. The van der Waals surface area contributed by atoms with Gasteiger partial charge in [0.25, 0.3) is 5.91 Å². The molecule has 0 aliphatic rings. The van der Waals surface area contributed by atoms with E-state index in [1.54, 1.807) is 16.9 Å². The predicted molar refractivity (Wildman–Crippen MR) is 80.0 cm³/mol. The van der Waals surface area contributed by atoms with Gasteiger partial charge in [0, 0.05) is 36.6 Å². The number of nitrogens with zero attached hydrogens (tertiary/aromatic N) is 4. The highest BCUT2D eigenvalue weighted by atomic mass is 16.1. The number of aryl methyl sites for hydroxylation is 3. The van der Waals surface area contributed by atoms with Crippen molar-refractivity contribution in [3.8, 4) is 11.3 Å². The van der Waals surface area contributed by atoms with Crippen molar-refractivity contribution in [2.45, 2.75) is 20.4 Å². The molecule has 1 amide bonds. The lowest BCUT2D eigenvalue weighted by molar-refractivity contribution is 0.0946. The molecule has 0 fully saturated rings. The van der Waals surface area contributed by atoms with Gasteiger partial charge < -0.3 is 5.32 Å². The second-order valence-corrected chi connectivity index (χ2v) is 5.16. The van der Waals surface area contributed by atoms with Crippen LogP contribution in [-0.4, -0.2) is 36.1 Å². The monoisotopic (exact) mass is 299 g/mol. The van der Waals surface area contributed by atoms with Crippen molar-refractivity contribution in [2.24, 2.45) is 7.05 Å². The number of carbonyl (C=O) groups is 1. The van der Waals surface area contributed by atoms with Gasteiger partial charge >= 0.3 is 0 Å². The molecular formula is C14H17N7O. The van der Waals surface area contributed by atoms with Crippen LogP contribution in [0.4, 0.5) is 0 Å². The van der Waals surface area contributed by atoms with E-state index in [0.717, 1.165) is 22.5 Å². The molecule has 3 heterocycles. The van der Waals surface area contributed by atoms with Gasteiger partial charge in [-0.15, -0.1) is 0 Å². The molecule has 3 N–H and O–H groups in total. The number of amides is 1. The maximum atomic E-state index is 12.2. The summed E-state index contributed by atoms with van der Waals surface area (Å²) >= 11 is 0. The fraction of sp³-hybridized carbons (Fsp3) is 0.286. The summed E-state index contributed by atoms with van der Waals surface area (Å²) < 4.78 is 1.69. The van der Waals surface area contributed by atoms with Gasteiger partial charge in [0.15, 0.2) is 0 Å². The van der Waals surface area contributed by atoms with Crippen LogP contribution >= 0.6 is 0 Å². The van der Waals surface area contributed by atoms with Gasteiger partial charge in [-0.05, 0) is 19.9 Å². The van der Waals surface area contributed by atoms with Crippen LogP contribution in [0.25, 0.3) is 11.3 Å². The molecule has 0 aromatic carbocycles. The summed E-state index contributed by atoms with van der Waals surface area (Å²) in [6.45, 7) is 4.26. The molecule has 3 rings (SSSR count). The Morgan fingerprint density at radius 3 is 2.77 bits per heavy atom. The Hall–Kier alpha value is -2.90. The van der Waals surface area contributed by atoms with Gasteiger partial charge in [0.1, 0.15) is 5.69 Å². The lowest BCUT2D eigenvalue weighted by Gasteiger charge is -2.03. The smallest absolute Gasteiger partial charge is 0.269 e. The molecule has 0 aliphatic carbocycles. The molecule has 114 valence electrons. The first-order valence-electron chi connectivity index (χ1n) is 6.87. The third kappa shape index (κ3) is 2.62. The molecule has 22 heavy (non-hydrogen) atoms. The van der Waals surface area contributed by atoms with Crippen molar-refractivity contribution in [3.05, 3.63) is 41.1 Å². The summed E-state index contributed by atoms with van der Waals surface area (Å²) in [7, 11) is 1.83. The summed E-state index contributed by atoms with van der Waals surface area (Å²) in [6.07, 6.45) is 3.55. The van der Waals surface area contributed by atoms with Crippen LogP contribution in [0, 0.1) is 13.8 Å². The van der Waals surface area contributed by atoms with Gasteiger partial charge in [0.05, 0.1) is 17.6 Å². The summed E-state index contributed by atoms with van der Waals surface area (Å²) in [5, 5.41) is 20.8. The second kappa shape index (κ2) is 5.47. The summed E-state index contributed by atoms with van der Waals surface area (Å²) in [5.41, 5.74) is 4.81. The minimum Gasteiger partial charge on any atom is -0.347 e. The van der Waals surface area contributed by atoms with E-state index < -0.39 is 0 Å². The Kier molecular flexibility index (Phi) is 3.50. The summed E-state index contributed by atoms with van der Waals surface area (Å²) in [6, 6.07) is 1.71. The number of hydrogen-bond donors (Lipinski definition) is 3. The summed E-state index contributed by atoms with van der Waals surface area (Å²) in [5.74, 6) is -0.206. The van der Waals surface area contributed by atoms with E-state index in [4.69, 9.17) is 0 Å². The van der Waals surface area contributed by atoms with E-state index in [-0.39, 0.29) is 5.91 Å². The van der Waals surface area contributed by atoms with Crippen molar-refractivity contribution in [2.75, 3.05) is 0 Å². The number of carbonyl (C=O) groups excluding carboxylic acids is 1. The molecular weight excluding hydrogens is 282 g/mol. The van der Waals surface area contributed by atoms with Gasteiger partial charge in [-0.25, -0.2) is 0 Å². The number of H-pyrrole nitrogens is 2. The average molecular weight is 299 g/mol. The van der Waals surface area contributed by atoms with Crippen LogP contribution in [0.3, 0.4) is 0 Å². The molecule has 3 aromatic heterocycles. The molecule has 0 saturated heterocycles. The van der Waals surface area contributed by atoms with Crippen LogP contribution in [0.5, 0.6) is 0 Å². The fourth-order valence-electron chi connectivity index (χ4n) is 2.24. The molecule has 3 aromatic rings. The van der Waals surface area contributed by atoms with Crippen molar-refractivity contribution in [1.82, 2.24) is 35.5 Å². The Morgan fingerprint density at radius 2 is 2.14 bits per heavy atom. The molecule has 0 aliphatic heterocycles. The van der Waals surface area contributed by atoms with Gasteiger partial charge in [-0.2, -0.15) is 15.3 Å². The van der Waals surface area contributed by atoms with E-state index in [2.05, 4.69) is 30.8 Å². The van der Waals surface area contributed by atoms with E-state index in [0.29, 0.717) is 17.9 Å². The largest absolute Gasteiger partial charge is 0.347 e. The second-order valence-electron chi connectivity index (χ2n) is 5.16. The van der Waals surface area contributed by atoms with Crippen LogP contribution < -0.4 is 5.32 Å². The van der Waals surface area contributed by atoms with Crippen LogP contribution in [0.15, 0.2) is 18.5 Å². The Bertz CT molecular complexity index is 791. The molecule has 0 unspecified atom stereocenters. The number of aromatic amines is 2. The van der Waals surface area contributed by atoms with E-state index in [9.17, 15) is 4.79 Å². The van der Waals surface area contributed by atoms with Crippen molar-refractivity contribution < 1.29 is 4.79 Å². The molecule has 0 bridgehead atoms. The van der Waals surface area contributed by atoms with E-state index in [1.807, 2.05) is 27.1 Å². The van der Waals surface area contributed by atoms with Crippen molar-refractivity contribution in [3.63, 3.8) is 0 Å². The standard InChI is InChI=1S/C14H17N7O/c1-8-11(9(2)18-17-8)6-15-14(22)13-4-12(19-20-13)10-5-16-21(3)7-10/h4-5,7H,6H2,1-3H3,(H,15,22)(H,17,18)(H,19,20). The van der Waals surface area contributed by atoms with Crippen LogP contribution in [0.1, 0.15) is 27.4 Å². The van der Waals surface area contributed by atoms with Gasteiger partial charge in [0.2, 0.25) is 0 Å². The molecule has 0 spiro atoms. The number of aromatic nitrogens is 6. The first-order valence-corrected chi connectivity index (χ1v) is 6.87.